The Morgan fingerprint density at radius 3 is 2.28 bits per heavy atom. The van der Waals surface area contributed by atoms with Crippen molar-refractivity contribution in [3.8, 4) is 11.5 Å². The molecular weight excluding hydrogens is 424 g/mol. The Labute approximate surface area is 196 Å². The van der Waals surface area contributed by atoms with Gasteiger partial charge in [0.15, 0.2) is 0 Å². The third kappa shape index (κ3) is 6.04. The van der Waals surface area contributed by atoms with E-state index < -0.39 is 0 Å². The summed E-state index contributed by atoms with van der Waals surface area (Å²) in [4.78, 5) is 11.4. The molecule has 1 fully saturated rings. The first-order chi connectivity index (χ1) is 15.4. The summed E-state index contributed by atoms with van der Waals surface area (Å²) in [5.41, 5.74) is 3.61. The number of hydrogen-bond acceptors (Lipinski definition) is 6. The molecule has 1 N–H and O–H groups in total. The molecule has 0 unspecified atom stereocenters. The van der Waals surface area contributed by atoms with Crippen molar-refractivity contribution in [2.24, 2.45) is 0 Å². The van der Waals surface area contributed by atoms with E-state index in [2.05, 4.69) is 32.3 Å². The summed E-state index contributed by atoms with van der Waals surface area (Å²) in [5.74, 6) is 2.70. The van der Waals surface area contributed by atoms with Gasteiger partial charge in [-0.2, -0.15) is 0 Å². The molecule has 6 nitrogen and oxygen atoms in total. The van der Waals surface area contributed by atoms with Crippen LogP contribution in [-0.4, -0.2) is 46.2 Å². The first-order valence-electron chi connectivity index (χ1n) is 11.9. The van der Waals surface area contributed by atoms with E-state index >= 15 is 0 Å². The number of fused-ring (bicyclic) bond motifs is 1. The molecule has 0 amide bonds. The van der Waals surface area contributed by atoms with Crippen molar-refractivity contribution in [3.05, 3.63) is 40.3 Å². The van der Waals surface area contributed by atoms with Crippen molar-refractivity contribution < 1.29 is 9.47 Å². The molecule has 1 aromatic heterocycles. The number of aromatic nitrogens is 2. The minimum Gasteiger partial charge on any atom is -0.491 e. The van der Waals surface area contributed by atoms with Crippen LogP contribution in [0.5, 0.6) is 11.5 Å². The highest BCUT2D eigenvalue weighted by Crippen LogP contribution is 2.30. The molecule has 1 aliphatic heterocycles. The molecule has 1 saturated heterocycles. The fraction of sp³-hybridized carbons (Fsp3) is 0.600. The molecule has 7 heteroatoms. The van der Waals surface area contributed by atoms with Crippen LogP contribution in [0.2, 0.25) is 5.28 Å². The lowest BCUT2D eigenvalue weighted by Crippen LogP contribution is -2.39. The Balaban J connectivity index is 1.37. The molecule has 4 rings (SSSR count). The van der Waals surface area contributed by atoms with Gasteiger partial charge in [-0.3, -0.25) is 4.90 Å². The highest BCUT2D eigenvalue weighted by Gasteiger charge is 2.24. The fourth-order valence-electron chi connectivity index (χ4n) is 4.61. The van der Waals surface area contributed by atoms with Crippen molar-refractivity contribution in [1.29, 1.82) is 0 Å². The summed E-state index contributed by atoms with van der Waals surface area (Å²) in [7, 11) is 0. The van der Waals surface area contributed by atoms with Gasteiger partial charge in [-0.05, 0) is 89.1 Å². The third-order valence-electron chi connectivity index (χ3n) is 5.92. The molecule has 0 radical (unpaired) electrons. The number of rotatable bonds is 8. The van der Waals surface area contributed by atoms with Crippen LogP contribution in [0.25, 0.3) is 0 Å². The second kappa shape index (κ2) is 10.3. The molecule has 0 atom stereocenters. The summed E-state index contributed by atoms with van der Waals surface area (Å²) < 4.78 is 11.9. The largest absolute Gasteiger partial charge is 0.491 e. The molecule has 1 aliphatic carbocycles. The minimum absolute atomic E-state index is 0.135. The summed E-state index contributed by atoms with van der Waals surface area (Å²) >= 11 is 6.16. The number of anilines is 1. The van der Waals surface area contributed by atoms with Gasteiger partial charge in [0.25, 0.3) is 0 Å². The number of halogens is 1. The maximum Gasteiger partial charge on any atom is 0.224 e. The number of benzene rings is 1. The van der Waals surface area contributed by atoms with Crippen LogP contribution in [0.4, 0.5) is 5.82 Å². The monoisotopic (exact) mass is 458 g/mol. The van der Waals surface area contributed by atoms with Crippen molar-refractivity contribution >= 4 is 17.4 Å². The molecule has 174 valence electrons. The van der Waals surface area contributed by atoms with Crippen molar-refractivity contribution in [2.75, 3.05) is 18.4 Å². The highest BCUT2D eigenvalue weighted by molar-refractivity contribution is 6.28. The van der Waals surface area contributed by atoms with E-state index in [9.17, 15) is 0 Å². The maximum absolute atomic E-state index is 6.16. The number of likely N-dealkylation sites (tertiary alicyclic amines) is 1. The van der Waals surface area contributed by atoms with Crippen LogP contribution in [0.15, 0.2) is 18.2 Å². The van der Waals surface area contributed by atoms with E-state index in [-0.39, 0.29) is 12.2 Å². The predicted octanol–water partition coefficient (Wildman–Crippen LogP) is 5.27. The molecule has 2 heterocycles. The minimum atomic E-state index is 0.135. The smallest absolute Gasteiger partial charge is 0.224 e. The van der Waals surface area contributed by atoms with Crippen molar-refractivity contribution in [3.63, 3.8) is 0 Å². The normalized spacial score (nSPS) is 17.1. The second-order valence-corrected chi connectivity index (χ2v) is 9.80. The number of piperidine rings is 1. The van der Waals surface area contributed by atoms with Gasteiger partial charge in [0, 0.05) is 37.3 Å². The second-order valence-electron chi connectivity index (χ2n) is 9.46. The van der Waals surface area contributed by atoms with E-state index in [1.54, 1.807) is 0 Å². The summed E-state index contributed by atoms with van der Waals surface area (Å²) in [6, 6.07) is 6.69. The Kier molecular flexibility index (Phi) is 7.41. The zero-order valence-corrected chi connectivity index (χ0v) is 20.4. The number of nitrogens with zero attached hydrogens (tertiary/aromatic N) is 3. The molecule has 32 heavy (non-hydrogen) atoms. The predicted molar refractivity (Wildman–Crippen MR) is 129 cm³/mol. The Hall–Kier alpha value is -2.05. The maximum atomic E-state index is 6.16. The standard InChI is InChI=1S/C25H35ClN4O2/c1-16(2)31-20-12-18(13-21(14-20)32-17(3)4)15-30-10-8-19(9-11-30)27-24-22-6-5-7-23(22)28-25(26)29-24/h12-14,16-17,19H,5-11,15H2,1-4H3,(H,27,28,29). The van der Waals surface area contributed by atoms with Gasteiger partial charge in [-0.1, -0.05) is 0 Å². The Morgan fingerprint density at radius 1 is 1.00 bits per heavy atom. The molecule has 2 aliphatic rings. The van der Waals surface area contributed by atoms with Gasteiger partial charge in [-0.25, -0.2) is 9.97 Å². The molecule has 2 aromatic rings. The van der Waals surface area contributed by atoms with Crippen LogP contribution >= 0.6 is 11.6 Å². The van der Waals surface area contributed by atoms with Gasteiger partial charge in [0.2, 0.25) is 5.28 Å². The summed E-state index contributed by atoms with van der Waals surface area (Å²) in [6.45, 7) is 11.2. The molecule has 0 bridgehead atoms. The fourth-order valence-corrected chi connectivity index (χ4v) is 4.80. The van der Waals surface area contributed by atoms with Crippen LogP contribution in [0.1, 0.15) is 63.8 Å². The zero-order chi connectivity index (χ0) is 22.7. The average Bonchev–Trinajstić information content (AvgIpc) is 3.17. The van der Waals surface area contributed by atoms with Gasteiger partial charge in [0.1, 0.15) is 17.3 Å². The summed E-state index contributed by atoms with van der Waals surface area (Å²) in [5, 5.41) is 4.02. The molecular formula is C25H35ClN4O2. The van der Waals surface area contributed by atoms with Gasteiger partial charge < -0.3 is 14.8 Å². The SMILES string of the molecule is CC(C)Oc1cc(CN2CCC(Nc3nc(Cl)nc4c3CCC4)CC2)cc(OC(C)C)c1. The zero-order valence-electron chi connectivity index (χ0n) is 19.7. The van der Waals surface area contributed by atoms with Crippen LogP contribution in [-0.2, 0) is 19.4 Å². The quantitative estimate of drug-likeness (QED) is 0.544. The Bertz CT molecular complexity index is 898. The van der Waals surface area contributed by atoms with Crippen molar-refractivity contribution in [1.82, 2.24) is 14.9 Å². The van der Waals surface area contributed by atoms with Gasteiger partial charge in [-0.15, -0.1) is 0 Å². The first kappa shape index (κ1) is 23.1. The van der Waals surface area contributed by atoms with E-state index in [1.807, 2.05) is 33.8 Å². The van der Waals surface area contributed by atoms with E-state index in [0.29, 0.717) is 11.3 Å². The molecule has 0 saturated carbocycles. The van der Waals surface area contributed by atoms with Crippen LogP contribution < -0.4 is 14.8 Å². The third-order valence-corrected chi connectivity index (χ3v) is 6.09. The van der Waals surface area contributed by atoms with E-state index in [1.165, 1.54) is 11.1 Å². The van der Waals surface area contributed by atoms with Crippen LogP contribution in [0.3, 0.4) is 0 Å². The van der Waals surface area contributed by atoms with Crippen molar-refractivity contribution in [2.45, 2.75) is 84.6 Å². The first-order valence-corrected chi connectivity index (χ1v) is 12.2. The average molecular weight is 459 g/mol. The molecule has 0 spiro atoms. The number of nitrogens with one attached hydrogen (secondary N) is 1. The topological polar surface area (TPSA) is 59.5 Å². The lowest BCUT2D eigenvalue weighted by Gasteiger charge is -2.33. The number of ether oxygens (including phenoxy) is 2. The van der Waals surface area contributed by atoms with E-state index in [4.69, 9.17) is 21.1 Å². The van der Waals surface area contributed by atoms with Gasteiger partial charge >= 0.3 is 0 Å². The van der Waals surface area contributed by atoms with Crippen LogP contribution in [0, 0.1) is 0 Å². The Morgan fingerprint density at radius 2 is 1.66 bits per heavy atom. The summed E-state index contributed by atoms with van der Waals surface area (Å²) in [6.07, 6.45) is 5.61. The number of hydrogen-bond donors (Lipinski definition) is 1. The lowest BCUT2D eigenvalue weighted by atomic mass is 10.0. The highest BCUT2D eigenvalue weighted by atomic mass is 35.5. The van der Waals surface area contributed by atoms with Gasteiger partial charge in [0.05, 0.1) is 17.9 Å². The molecule has 1 aromatic carbocycles. The van der Waals surface area contributed by atoms with E-state index in [0.717, 1.165) is 74.7 Å². The number of aryl methyl sites for hydroxylation is 1. The lowest BCUT2D eigenvalue weighted by molar-refractivity contribution is 0.207.